The molecule has 2 aromatic heterocycles. The number of rotatable bonds is 6. The summed E-state index contributed by atoms with van der Waals surface area (Å²) in [6.45, 7) is 1.82. The van der Waals surface area contributed by atoms with Crippen molar-refractivity contribution in [3.63, 3.8) is 0 Å². The Morgan fingerprint density at radius 3 is 2.37 bits per heavy atom. The van der Waals surface area contributed by atoms with Crippen molar-refractivity contribution >= 4 is 17.7 Å². The lowest BCUT2D eigenvalue weighted by molar-refractivity contribution is -0.155. The van der Waals surface area contributed by atoms with Gasteiger partial charge in [-0.25, -0.2) is 18.7 Å². The van der Waals surface area contributed by atoms with Crippen LogP contribution in [0.2, 0.25) is 0 Å². The predicted molar refractivity (Wildman–Crippen MR) is 124 cm³/mol. The summed E-state index contributed by atoms with van der Waals surface area (Å²) in [7, 11) is 0. The summed E-state index contributed by atoms with van der Waals surface area (Å²) >= 11 is 0. The van der Waals surface area contributed by atoms with Crippen LogP contribution in [-0.4, -0.2) is 48.5 Å². The van der Waals surface area contributed by atoms with Crippen LogP contribution in [0.25, 0.3) is 5.78 Å². The SMILES string of the molecule is Cc1ccnc2nc(C(=O)OCC(=O)N(Cc3ccc(F)cc3)C34CC5CC(CC(C5)C3)C4)nn12. The number of carbonyl (C=O) groups excluding carboxylic acids is 2. The summed E-state index contributed by atoms with van der Waals surface area (Å²) in [6, 6.07) is 8.04. The fourth-order valence-electron chi connectivity index (χ4n) is 6.95. The Morgan fingerprint density at radius 1 is 1.09 bits per heavy atom. The van der Waals surface area contributed by atoms with Crippen LogP contribution in [0.3, 0.4) is 0 Å². The molecule has 9 heteroatoms. The largest absolute Gasteiger partial charge is 0.450 e. The van der Waals surface area contributed by atoms with E-state index in [9.17, 15) is 14.0 Å². The molecular formula is C26H28FN5O3. The first kappa shape index (κ1) is 22.1. The molecule has 7 rings (SSSR count). The number of halogens is 1. The van der Waals surface area contributed by atoms with Crippen LogP contribution in [0.5, 0.6) is 0 Å². The molecule has 0 saturated heterocycles. The third-order valence-electron chi connectivity index (χ3n) is 8.07. The molecule has 4 bridgehead atoms. The first-order chi connectivity index (χ1) is 16.9. The molecule has 35 heavy (non-hydrogen) atoms. The Morgan fingerprint density at radius 2 is 1.74 bits per heavy atom. The standard InChI is InChI=1S/C26H28FN5O3/c1-16-6-7-28-25-29-23(30-32(16)25)24(34)35-15-22(33)31(14-17-2-4-21(27)5-3-17)26-11-18-8-19(12-26)10-20(9-18)13-26/h2-7,18-20H,8-15H2,1H3. The summed E-state index contributed by atoms with van der Waals surface area (Å²) < 4.78 is 20.4. The Bertz CT molecular complexity index is 1250. The van der Waals surface area contributed by atoms with Gasteiger partial charge in [-0.05, 0) is 87.0 Å². The lowest BCUT2D eigenvalue weighted by Crippen LogP contribution is -2.61. The number of hydrogen-bond donors (Lipinski definition) is 0. The Balaban J connectivity index is 1.23. The molecule has 8 nitrogen and oxygen atoms in total. The molecular weight excluding hydrogens is 449 g/mol. The maximum Gasteiger partial charge on any atom is 0.378 e. The minimum absolute atomic E-state index is 0.125. The second-order valence-corrected chi connectivity index (χ2v) is 10.6. The van der Waals surface area contributed by atoms with E-state index >= 15 is 0 Å². The first-order valence-corrected chi connectivity index (χ1v) is 12.3. The highest BCUT2D eigenvalue weighted by molar-refractivity contribution is 5.88. The molecule has 4 aliphatic carbocycles. The van der Waals surface area contributed by atoms with E-state index in [2.05, 4.69) is 15.1 Å². The van der Waals surface area contributed by atoms with E-state index in [-0.39, 0.29) is 29.7 Å². The monoisotopic (exact) mass is 477 g/mol. The molecule has 0 spiro atoms. The lowest BCUT2D eigenvalue weighted by Gasteiger charge is -2.60. The van der Waals surface area contributed by atoms with Gasteiger partial charge in [-0.2, -0.15) is 4.98 Å². The van der Waals surface area contributed by atoms with Gasteiger partial charge in [0, 0.05) is 24.0 Å². The molecule has 4 fully saturated rings. The molecule has 1 aromatic carbocycles. The third kappa shape index (κ3) is 4.06. The molecule has 0 N–H and O–H groups in total. The lowest BCUT2D eigenvalue weighted by atomic mass is 9.52. The van der Waals surface area contributed by atoms with E-state index in [4.69, 9.17) is 4.74 Å². The fourth-order valence-corrected chi connectivity index (χ4v) is 6.95. The van der Waals surface area contributed by atoms with Gasteiger partial charge in [0.2, 0.25) is 0 Å². The van der Waals surface area contributed by atoms with Crippen LogP contribution in [0, 0.1) is 30.5 Å². The highest BCUT2D eigenvalue weighted by Crippen LogP contribution is 2.58. The minimum atomic E-state index is -0.754. The number of aromatic nitrogens is 4. The van der Waals surface area contributed by atoms with Crippen LogP contribution < -0.4 is 0 Å². The number of benzene rings is 1. The van der Waals surface area contributed by atoms with Crippen molar-refractivity contribution in [3.05, 3.63) is 59.4 Å². The van der Waals surface area contributed by atoms with E-state index in [0.717, 1.165) is 30.5 Å². The number of ether oxygens (including phenoxy) is 1. The second kappa shape index (κ2) is 8.39. The van der Waals surface area contributed by atoms with E-state index < -0.39 is 5.97 Å². The zero-order valence-electron chi connectivity index (χ0n) is 19.7. The van der Waals surface area contributed by atoms with Crippen molar-refractivity contribution in [3.8, 4) is 0 Å². The van der Waals surface area contributed by atoms with Gasteiger partial charge in [-0.1, -0.05) is 12.1 Å². The summed E-state index contributed by atoms with van der Waals surface area (Å²) in [5, 5.41) is 4.17. The van der Waals surface area contributed by atoms with Crippen molar-refractivity contribution in [1.82, 2.24) is 24.5 Å². The summed E-state index contributed by atoms with van der Waals surface area (Å²) in [5.41, 5.74) is 1.42. The molecule has 0 aliphatic heterocycles. The van der Waals surface area contributed by atoms with Gasteiger partial charge in [0.1, 0.15) is 5.82 Å². The summed E-state index contributed by atoms with van der Waals surface area (Å²) in [6.07, 6.45) is 8.30. The van der Waals surface area contributed by atoms with Crippen molar-refractivity contribution in [2.75, 3.05) is 6.61 Å². The van der Waals surface area contributed by atoms with Gasteiger partial charge in [-0.3, -0.25) is 4.79 Å². The quantitative estimate of drug-likeness (QED) is 0.503. The maximum absolute atomic E-state index is 13.6. The molecule has 3 aromatic rings. The topological polar surface area (TPSA) is 89.7 Å². The molecule has 2 heterocycles. The Kier molecular flexibility index (Phi) is 5.30. The first-order valence-electron chi connectivity index (χ1n) is 12.3. The van der Waals surface area contributed by atoms with Gasteiger partial charge in [0.25, 0.3) is 17.5 Å². The zero-order chi connectivity index (χ0) is 24.2. The van der Waals surface area contributed by atoms with Gasteiger partial charge < -0.3 is 9.64 Å². The van der Waals surface area contributed by atoms with E-state index in [1.165, 1.54) is 35.9 Å². The number of aryl methyl sites for hydroxylation is 1. The van der Waals surface area contributed by atoms with E-state index in [1.807, 2.05) is 11.8 Å². The molecule has 0 radical (unpaired) electrons. The normalized spacial score (nSPS) is 26.7. The Labute approximate surface area is 202 Å². The number of carbonyl (C=O) groups is 2. The van der Waals surface area contributed by atoms with Crippen molar-refractivity contribution in [1.29, 1.82) is 0 Å². The molecule has 4 saturated carbocycles. The highest BCUT2D eigenvalue weighted by Gasteiger charge is 2.54. The number of amides is 1. The van der Waals surface area contributed by atoms with Crippen LogP contribution >= 0.6 is 0 Å². The maximum atomic E-state index is 13.6. The second-order valence-electron chi connectivity index (χ2n) is 10.6. The Hall–Kier alpha value is -3.36. The highest BCUT2D eigenvalue weighted by atomic mass is 19.1. The molecule has 4 aliphatic rings. The van der Waals surface area contributed by atoms with Gasteiger partial charge >= 0.3 is 5.97 Å². The number of esters is 1. The van der Waals surface area contributed by atoms with Crippen molar-refractivity contribution in [2.24, 2.45) is 17.8 Å². The predicted octanol–water partition coefficient (Wildman–Crippen LogP) is 3.73. The van der Waals surface area contributed by atoms with Crippen LogP contribution in [0.15, 0.2) is 36.5 Å². The van der Waals surface area contributed by atoms with Gasteiger partial charge in [-0.15, -0.1) is 5.10 Å². The summed E-state index contributed by atoms with van der Waals surface area (Å²) in [5.74, 6) is 0.813. The number of fused-ring (bicyclic) bond motifs is 1. The van der Waals surface area contributed by atoms with E-state index in [1.54, 1.807) is 24.4 Å². The smallest absolute Gasteiger partial charge is 0.378 e. The van der Waals surface area contributed by atoms with Gasteiger partial charge in [0.05, 0.1) is 0 Å². The van der Waals surface area contributed by atoms with Gasteiger partial charge in [0.15, 0.2) is 6.61 Å². The minimum Gasteiger partial charge on any atom is -0.450 e. The van der Waals surface area contributed by atoms with Crippen LogP contribution in [0.4, 0.5) is 4.39 Å². The molecule has 182 valence electrons. The zero-order valence-corrected chi connectivity index (χ0v) is 19.7. The molecule has 0 unspecified atom stereocenters. The number of nitrogens with zero attached hydrogens (tertiary/aromatic N) is 5. The number of hydrogen-bond acceptors (Lipinski definition) is 6. The molecule has 0 atom stereocenters. The average molecular weight is 478 g/mol. The van der Waals surface area contributed by atoms with Crippen molar-refractivity contribution < 1.29 is 18.7 Å². The van der Waals surface area contributed by atoms with Crippen LogP contribution in [-0.2, 0) is 16.1 Å². The summed E-state index contributed by atoms with van der Waals surface area (Å²) in [4.78, 5) is 36.5. The van der Waals surface area contributed by atoms with Crippen LogP contribution in [0.1, 0.15) is 60.4 Å². The van der Waals surface area contributed by atoms with E-state index in [0.29, 0.717) is 30.1 Å². The molecule has 1 amide bonds. The van der Waals surface area contributed by atoms with Crippen molar-refractivity contribution in [2.45, 2.75) is 57.5 Å². The fraction of sp³-hybridized carbons (Fsp3) is 0.500. The average Bonchev–Trinajstić information content (AvgIpc) is 3.27. The third-order valence-corrected chi connectivity index (χ3v) is 8.07.